The summed E-state index contributed by atoms with van der Waals surface area (Å²) in [7, 11) is 0. The predicted molar refractivity (Wildman–Crippen MR) is 124 cm³/mol. The maximum Gasteiger partial charge on any atom is 0.128 e. The fourth-order valence-electron chi connectivity index (χ4n) is 3.72. The van der Waals surface area contributed by atoms with Gasteiger partial charge in [0.25, 0.3) is 0 Å². The average Bonchev–Trinajstić information content (AvgIpc) is 3.46. The van der Waals surface area contributed by atoms with E-state index in [2.05, 4.69) is 15.3 Å². The lowest BCUT2D eigenvalue weighted by Gasteiger charge is -2.09. The van der Waals surface area contributed by atoms with Crippen LogP contribution in [0, 0.1) is 12.7 Å². The number of aryl methyl sites for hydroxylation is 1. The van der Waals surface area contributed by atoms with Crippen LogP contribution in [0.25, 0.3) is 28.1 Å². The van der Waals surface area contributed by atoms with Crippen LogP contribution < -0.4 is 4.74 Å². The van der Waals surface area contributed by atoms with Crippen LogP contribution >= 0.6 is 0 Å². The van der Waals surface area contributed by atoms with Gasteiger partial charge in [-0.25, -0.2) is 9.07 Å². The van der Waals surface area contributed by atoms with Crippen LogP contribution in [0.1, 0.15) is 11.3 Å². The second kappa shape index (κ2) is 8.63. The number of aromatic amines is 1. The molecule has 0 spiro atoms. The standard InChI is InChI=1S/C26H21FN4O2/c1-17-25(19-7-9-20(27)10-8-19)26(30-29-17)23-12-11-22(13-24(23)32)33-16-18-14-28-31(15-18)21-5-3-2-4-6-21/h2-15,32H,16H2,1H3,(H,29,30). The normalized spacial score (nSPS) is 11.0. The van der Waals surface area contributed by atoms with Crippen molar-refractivity contribution in [3.63, 3.8) is 0 Å². The zero-order valence-corrected chi connectivity index (χ0v) is 17.9. The molecule has 7 heteroatoms. The third-order valence-corrected chi connectivity index (χ3v) is 5.37. The molecule has 3 aromatic carbocycles. The topological polar surface area (TPSA) is 76.0 Å². The van der Waals surface area contributed by atoms with Gasteiger partial charge < -0.3 is 9.84 Å². The second-order valence-corrected chi connectivity index (χ2v) is 7.68. The molecule has 5 aromatic rings. The number of phenols is 1. The Bertz CT molecular complexity index is 1390. The van der Waals surface area contributed by atoms with E-state index in [0.29, 0.717) is 23.6 Å². The number of aromatic nitrogens is 4. The Kier molecular flexibility index (Phi) is 5.36. The number of benzene rings is 3. The van der Waals surface area contributed by atoms with Gasteiger partial charge in [0.1, 0.15) is 29.6 Å². The van der Waals surface area contributed by atoms with Crippen molar-refractivity contribution in [1.29, 1.82) is 0 Å². The number of nitrogens with one attached hydrogen (secondary N) is 1. The summed E-state index contributed by atoms with van der Waals surface area (Å²) in [6, 6.07) is 21.1. The summed E-state index contributed by atoms with van der Waals surface area (Å²) < 4.78 is 21.0. The number of H-pyrrole nitrogens is 1. The van der Waals surface area contributed by atoms with Crippen LogP contribution in [0.4, 0.5) is 4.39 Å². The molecule has 5 rings (SSSR count). The number of hydrogen-bond acceptors (Lipinski definition) is 4. The lowest BCUT2D eigenvalue weighted by Crippen LogP contribution is -1.95. The van der Waals surface area contributed by atoms with Crippen molar-refractivity contribution in [1.82, 2.24) is 20.0 Å². The van der Waals surface area contributed by atoms with Gasteiger partial charge in [-0.3, -0.25) is 5.10 Å². The molecular formula is C26H21FN4O2. The predicted octanol–water partition coefficient (Wildman–Crippen LogP) is 5.66. The zero-order valence-electron chi connectivity index (χ0n) is 17.9. The number of phenolic OH excluding ortho intramolecular Hbond substituents is 1. The Hall–Kier alpha value is -4.39. The van der Waals surface area contributed by atoms with Gasteiger partial charge in [-0.2, -0.15) is 10.2 Å². The summed E-state index contributed by atoms with van der Waals surface area (Å²) in [5.74, 6) is 0.266. The van der Waals surface area contributed by atoms with Gasteiger partial charge in [0.05, 0.1) is 11.9 Å². The molecule has 0 saturated carbocycles. The molecule has 0 aliphatic carbocycles. The summed E-state index contributed by atoms with van der Waals surface area (Å²) in [6.07, 6.45) is 3.66. The van der Waals surface area contributed by atoms with E-state index in [9.17, 15) is 9.50 Å². The third kappa shape index (κ3) is 4.21. The number of para-hydroxylation sites is 1. The molecule has 0 unspecified atom stereocenters. The summed E-state index contributed by atoms with van der Waals surface area (Å²) in [4.78, 5) is 0. The summed E-state index contributed by atoms with van der Waals surface area (Å²) in [5.41, 5.74) is 5.48. The Balaban J connectivity index is 1.35. The molecule has 0 aliphatic heterocycles. The van der Waals surface area contributed by atoms with Crippen molar-refractivity contribution in [2.45, 2.75) is 13.5 Å². The highest BCUT2D eigenvalue weighted by Crippen LogP contribution is 2.38. The number of nitrogens with zero attached hydrogens (tertiary/aromatic N) is 3. The number of ether oxygens (including phenoxy) is 1. The fraction of sp³-hybridized carbons (Fsp3) is 0.0769. The third-order valence-electron chi connectivity index (χ3n) is 5.37. The van der Waals surface area contributed by atoms with E-state index in [-0.39, 0.29) is 11.6 Å². The van der Waals surface area contributed by atoms with Crippen molar-refractivity contribution in [2.75, 3.05) is 0 Å². The van der Waals surface area contributed by atoms with Crippen molar-refractivity contribution in [3.8, 4) is 39.6 Å². The molecule has 0 radical (unpaired) electrons. The van der Waals surface area contributed by atoms with Gasteiger partial charge in [-0.15, -0.1) is 0 Å². The van der Waals surface area contributed by atoms with Crippen LogP contribution in [0.2, 0.25) is 0 Å². The van der Waals surface area contributed by atoms with Gasteiger partial charge in [0, 0.05) is 34.6 Å². The highest BCUT2D eigenvalue weighted by atomic mass is 19.1. The van der Waals surface area contributed by atoms with E-state index in [1.807, 2.05) is 43.5 Å². The Morgan fingerprint density at radius 1 is 1.03 bits per heavy atom. The van der Waals surface area contributed by atoms with Crippen LogP contribution in [-0.2, 0) is 6.61 Å². The molecule has 0 amide bonds. The monoisotopic (exact) mass is 440 g/mol. The molecule has 0 aliphatic rings. The number of rotatable bonds is 6. The van der Waals surface area contributed by atoms with Gasteiger partial charge in [0.15, 0.2) is 0 Å². The number of aromatic hydroxyl groups is 1. The van der Waals surface area contributed by atoms with Gasteiger partial charge in [-0.05, 0) is 48.9 Å². The Labute approximate surface area is 189 Å². The molecule has 2 heterocycles. The van der Waals surface area contributed by atoms with Crippen molar-refractivity contribution in [2.24, 2.45) is 0 Å². The minimum Gasteiger partial charge on any atom is -0.507 e. The van der Waals surface area contributed by atoms with Crippen LogP contribution in [0.3, 0.4) is 0 Å². The van der Waals surface area contributed by atoms with Crippen molar-refractivity contribution < 1.29 is 14.2 Å². The van der Waals surface area contributed by atoms with E-state index in [1.54, 1.807) is 41.2 Å². The highest BCUT2D eigenvalue weighted by Gasteiger charge is 2.18. The van der Waals surface area contributed by atoms with Crippen LogP contribution in [0.15, 0.2) is 85.2 Å². The van der Waals surface area contributed by atoms with Crippen molar-refractivity contribution >= 4 is 0 Å². The first-order chi connectivity index (χ1) is 16.1. The van der Waals surface area contributed by atoms with Gasteiger partial charge in [0.2, 0.25) is 0 Å². The second-order valence-electron chi connectivity index (χ2n) is 7.68. The van der Waals surface area contributed by atoms with Gasteiger partial charge >= 0.3 is 0 Å². The first-order valence-corrected chi connectivity index (χ1v) is 10.4. The molecule has 0 fully saturated rings. The highest BCUT2D eigenvalue weighted by molar-refractivity contribution is 5.85. The lowest BCUT2D eigenvalue weighted by atomic mass is 9.98. The van der Waals surface area contributed by atoms with E-state index in [1.165, 1.54) is 12.1 Å². The molecule has 6 nitrogen and oxygen atoms in total. The van der Waals surface area contributed by atoms with Gasteiger partial charge in [-0.1, -0.05) is 30.3 Å². The average molecular weight is 440 g/mol. The molecule has 2 aromatic heterocycles. The molecule has 33 heavy (non-hydrogen) atoms. The molecular weight excluding hydrogens is 419 g/mol. The fourth-order valence-corrected chi connectivity index (χ4v) is 3.72. The maximum atomic E-state index is 13.4. The summed E-state index contributed by atoms with van der Waals surface area (Å²) in [5, 5.41) is 22.4. The van der Waals surface area contributed by atoms with E-state index < -0.39 is 0 Å². The van der Waals surface area contributed by atoms with E-state index in [0.717, 1.165) is 28.1 Å². The molecule has 0 atom stereocenters. The molecule has 2 N–H and O–H groups in total. The summed E-state index contributed by atoms with van der Waals surface area (Å²) >= 11 is 0. The van der Waals surface area contributed by atoms with E-state index in [4.69, 9.17) is 4.74 Å². The largest absolute Gasteiger partial charge is 0.507 e. The number of halogens is 1. The smallest absolute Gasteiger partial charge is 0.128 e. The lowest BCUT2D eigenvalue weighted by molar-refractivity contribution is 0.304. The Morgan fingerprint density at radius 3 is 2.58 bits per heavy atom. The van der Waals surface area contributed by atoms with E-state index >= 15 is 0 Å². The van der Waals surface area contributed by atoms with Crippen molar-refractivity contribution in [3.05, 3.63) is 102 Å². The van der Waals surface area contributed by atoms with Crippen LogP contribution in [0.5, 0.6) is 11.5 Å². The first-order valence-electron chi connectivity index (χ1n) is 10.4. The maximum absolute atomic E-state index is 13.4. The molecule has 164 valence electrons. The van der Waals surface area contributed by atoms with Crippen LogP contribution in [-0.4, -0.2) is 25.1 Å². The zero-order chi connectivity index (χ0) is 22.8. The molecule has 0 saturated heterocycles. The Morgan fingerprint density at radius 2 is 1.82 bits per heavy atom. The minimum absolute atomic E-state index is 0.0438. The first kappa shape index (κ1) is 20.5. The minimum atomic E-state index is -0.305. The quantitative estimate of drug-likeness (QED) is 0.357. The summed E-state index contributed by atoms with van der Waals surface area (Å²) in [6.45, 7) is 2.20. The molecule has 0 bridgehead atoms. The SMILES string of the molecule is Cc1[nH]nc(-c2ccc(OCc3cnn(-c4ccccc4)c3)cc2O)c1-c1ccc(F)cc1. The number of hydrogen-bond donors (Lipinski definition) is 2.